The lowest BCUT2D eigenvalue weighted by molar-refractivity contribution is 0.277. The second-order valence-electron chi connectivity index (χ2n) is 4.64. The molecule has 0 aliphatic rings. The van der Waals surface area contributed by atoms with Crippen LogP contribution in [0, 0.1) is 0 Å². The van der Waals surface area contributed by atoms with Crippen LogP contribution < -0.4 is 14.8 Å². The van der Waals surface area contributed by atoms with Gasteiger partial charge in [0, 0.05) is 17.9 Å². The first kappa shape index (κ1) is 14.5. The lowest BCUT2D eigenvalue weighted by Crippen LogP contribution is -2.18. The summed E-state index contributed by atoms with van der Waals surface area (Å²) in [5, 5.41) is 3.25. The number of rotatable bonds is 7. The van der Waals surface area contributed by atoms with E-state index in [-0.39, 0.29) is 0 Å². The predicted molar refractivity (Wildman–Crippen MR) is 80.4 cm³/mol. The Balaban J connectivity index is 1.95. The quantitative estimate of drug-likeness (QED) is 0.843. The Morgan fingerprint density at radius 2 is 1.90 bits per heavy atom. The molecular formula is C16H22N2O2. The van der Waals surface area contributed by atoms with E-state index in [0.29, 0.717) is 12.6 Å². The highest BCUT2D eigenvalue weighted by Gasteiger charge is 2.08. The Hall–Kier alpha value is -1.94. The Morgan fingerprint density at radius 3 is 2.60 bits per heavy atom. The van der Waals surface area contributed by atoms with Gasteiger partial charge in [-0.2, -0.15) is 0 Å². The topological polar surface area (TPSA) is 35.4 Å². The molecule has 2 rings (SSSR count). The average molecular weight is 274 g/mol. The van der Waals surface area contributed by atoms with E-state index < -0.39 is 0 Å². The largest absolute Gasteiger partial charge is 0.493 e. The van der Waals surface area contributed by atoms with Crippen LogP contribution in [0.2, 0.25) is 0 Å². The zero-order valence-corrected chi connectivity index (χ0v) is 12.3. The molecule has 0 spiro atoms. The molecule has 4 heteroatoms. The van der Waals surface area contributed by atoms with Crippen LogP contribution in [0.15, 0.2) is 42.6 Å². The standard InChI is InChI=1S/C16H22N2O2/c1-13(17-2)14-7-6-10-18(14)11-12-20-16-9-5-4-8-15(16)19-3/h4-10,13,17H,11-12H2,1-3H3. The molecule has 0 radical (unpaired) electrons. The van der Waals surface area contributed by atoms with E-state index >= 15 is 0 Å². The third kappa shape index (κ3) is 3.33. The zero-order valence-electron chi connectivity index (χ0n) is 12.3. The molecule has 0 aliphatic carbocycles. The summed E-state index contributed by atoms with van der Waals surface area (Å²) >= 11 is 0. The van der Waals surface area contributed by atoms with Crippen molar-refractivity contribution in [2.24, 2.45) is 0 Å². The van der Waals surface area contributed by atoms with Crippen molar-refractivity contribution in [2.75, 3.05) is 20.8 Å². The third-order valence-electron chi connectivity index (χ3n) is 3.40. The van der Waals surface area contributed by atoms with Crippen molar-refractivity contribution in [2.45, 2.75) is 19.5 Å². The Bertz CT molecular complexity index is 537. The summed E-state index contributed by atoms with van der Waals surface area (Å²) in [5.74, 6) is 1.55. The van der Waals surface area contributed by atoms with Gasteiger partial charge < -0.3 is 19.4 Å². The Morgan fingerprint density at radius 1 is 1.15 bits per heavy atom. The number of benzene rings is 1. The van der Waals surface area contributed by atoms with Crippen LogP contribution in [-0.4, -0.2) is 25.3 Å². The lowest BCUT2D eigenvalue weighted by atomic mass is 10.2. The van der Waals surface area contributed by atoms with E-state index in [1.807, 2.05) is 31.3 Å². The van der Waals surface area contributed by atoms with Crippen LogP contribution in [0.5, 0.6) is 11.5 Å². The van der Waals surface area contributed by atoms with Crippen LogP contribution in [0.25, 0.3) is 0 Å². The minimum atomic E-state index is 0.330. The lowest BCUT2D eigenvalue weighted by Gasteiger charge is -2.16. The summed E-state index contributed by atoms with van der Waals surface area (Å²) in [5.41, 5.74) is 1.26. The maximum Gasteiger partial charge on any atom is 0.161 e. The number of ether oxygens (including phenoxy) is 2. The number of hydrogen-bond donors (Lipinski definition) is 1. The van der Waals surface area contributed by atoms with Gasteiger partial charge in [-0.3, -0.25) is 0 Å². The molecule has 1 aromatic heterocycles. The second-order valence-corrected chi connectivity index (χ2v) is 4.64. The first-order valence-electron chi connectivity index (χ1n) is 6.84. The minimum Gasteiger partial charge on any atom is -0.493 e. The van der Waals surface area contributed by atoms with Crippen molar-refractivity contribution in [3.8, 4) is 11.5 Å². The van der Waals surface area contributed by atoms with Gasteiger partial charge in [0.25, 0.3) is 0 Å². The predicted octanol–water partition coefficient (Wildman–Crippen LogP) is 2.86. The fraction of sp³-hybridized carbons (Fsp3) is 0.375. The molecule has 20 heavy (non-hydrogen) atoms. The number of nitrogens with zero attached hydrogens (tertiary/aromatic N) is 1. The number of hydrogen-bond acceptors (Lipinski definition) is 3. The fourth-order valence-corrected chi connectivity index (χ4v) is 2.16. The first-order chi connectivity index (χ1) is 9.76. The highest BCUT2D eigenvalue weighted by atomic mass is 16.5. The van der Waals surface area contributed by atoms with Crippen molar-refractivity contribution < 1.29 is 9.47 Å². The van der Waals surface area contributed by atoms with E-state index in [1.165, 1.54) is 5.69 Å². The van der Waals surface area contributed by atoms with Gasteiger partial charge in [-0.15, -0.1) is 0 Å². The van der Waals surface area contributed by atoms with E-state index in [9.17, 15) is 0 Å². The first-order valence-corrected chi connectivity index (χ1v) is 6.84. The van der Waals surface area contributed by atoms with Gasteiger partial charge in [0.05, 0.1) is 13.7 Å². The highest BCUT2D eigenvalue weighted by molar-refractivity contribution is 5.39. The van der Waals surface area contributed by atoms with Crippen molar-refractivity contribution in [3.05, 3.63) is 48.3 Å². The average Bonchev–Trinajstić information content (AvgIpc) is 2.95. The second kappa shape index (κ2) is 7.01. The number of methoxy groups -OCH3 is 1. The van der Waals surface area contributed by atoms with Crippen LogP contribution >= 0.6 is 0 Å². The molecular weight excluding hydrogens is 252 g/mol. The molecule has 1 heterocycles. The summed E-state index contributed by atoms with van der Waals surface area (Å²) < 4.78 is 13.3. The number of para-hydroxylation sites is 2. The van der Waals surface area contributed by atoms with E-state index in [2.05, 4.69) is 35.1 Å². The van der Waals surface area contributed by atoms with Gasteiger partial charge in [0.15, 0.2) is 11.5 Å². The summed E-state index contributed by atoms with van der Waals surface area (Å²) in [6, 6.07) is 12.2. The number of nitrogens with one attached hydrogen (secondary N) is 1. The monoisotopic (exact) mass is 274 g/mol. The van der Waals surface area contributed by atoms with Gasteiger partial charge in [-0.1, -0.05) is 12.1 Å². The molecule has 108 valence electrons. The van der Waals surface area contributed by atoms with E-state index in [0.717, 1.165) is 18.0 Å². The maximum absolute atomic E-state index is 5.80. The van der Waals surface area contributed by atoms with Crippen molar-refractivity contribution in [1.82, 2.24) is 9.88 Å². The van der Waals surface area contributed by atoms with Gasteiger partial charge in [0.1, 0.15) is 6.61 Å². The molecule has 0 saturated carbocycles. The third-order valence-corrected chi connectivity index (χ3v) is 3.40. The summed E-state index contributed by atoms with van der Waals surface area (Å²) in [6.45, 7) is 3.57. The molecule has 0 fully saturated rings. The van der Waals surface area contributed by atoms with Gasteiger partial charge >= 0.3 is 0 Å². The summed E-state index contributed by atoms with van der Waals surface area (Å²) in [4.78, 5) is 0. The fourth-order valence-electron chi connectivity index (χ4n) is 2.16. The molecule has 1 aromatic carbocycles. The van der Waals surface area contributed by atoms with Crippen molar-refractivity contribution in [1.29, 1.82) is 0 Å². The zero-order chi connectivity index (χ0) is 14.4. The van der Waals surface area contributed by atoms with Crippen LogP contribution in [0.3, 0.4) is 0 Å². The molecule has 0 saturated heterocycles. The van der Waals surface area contributed by atoms with Crippen molar-refractivity contribution >= 4 is 0 Å². The van der Waals surface area contributed by atoms with Gasteiger partial charge in [-0.25, -0.2) is 0 Å². The summed E-state index contributed by atoms with van der Waals surface area (Å²) in [7, 11) is 3.62. The minimum absolute atomic E-state index is 0.330. The smallest absolute Gasteiger partial charge is 0.161 e. The molecule has 1 unspecified atom stereocenters. The normalized spacial score (nSPS) is 12.2. The SMILES string of the molecule is CNC(C)c1cccn1CCOc1ccccc1OC. The number of aromatic nitrogens is 1. The van der Waals surface area contributed by atoms with Gasteiger partial charge in [0.2, 0.25) is 0 Å². The molecule has 2 aromatic rings. The molecule has 4 nitrogen and oxygen atoms in total. The Labute approximate surface area is 120 Å². The maximum atomic E-state index is 5.80. The van der Waals surface area contributed by atoms with E-state index in [1.54, 1.807) is 7.11 Å². The van der Waals surface area contributed by atoms with E-state index in [4.69, 9.17) is 9.47 Å². The Kier molecular flexibility index (Phi) is 5.07. The molecule has 0 aliphatic heterocycles. The molecule has 1 N–H and O–H groups in total. The van der Waals surface area contributed by atoms with Crippen LogP contribution in [0.1, 0.15) is 18.7 Å². The molecule has 0 bridgehead atoms. The van der Waals surface area contributed by atoms with Crippen LogP contribution in [-0.2, 0) is 6.54 Å². The molecule has 1 atom stereocenters. The van der Waals surface area contributed by atoms with Crippen molar-refractivity contribution in [3.63, 3.8) is 0 Å². The summed E-state index contributed by atoms with van der Waals surface area (Å²) in [6.07, 6.45) is 2.08. The van der Waals surface area contributed by atoms with Crippen LogP contribution in [0.4, 0.5) is 0 Å². The highest BCUT2D eigenvalue weighted by Crippen LogP contribution is 2.25. The van der Waals surface area contributed by atoms with Gasteiger partial charge in [-0.05, 0) is 38.2 Å². The molecule has 0 amide bonds.